The predicted octanol–water partition coefficient (Wildman–Crippen LogP) is 2.41. The number of rotatable bonds is 6. The molecule has 2 heterocycles. The van der Waals surface area contributed by atoms with Crippen LogP contribution in [-0.2, 0) is 10.0 Å². The summed E-state index contributed by atoms with van der Waals surface area (Å²) in [6, 6.07) is 6.46. The van der Waals surface area contributed by atoms with Crippen LogP contribution in [0.3, 0.4) is 0 Å². The maximum atomic E-state index is 12.2. The number of hydrogen-bond donors (Lipinski definition) is 2. The smallest absolute Gasteiger partial charge is 0.263 e. The van der Waals surface area contributed by atoms with Crippen LogP contribution in [0, 0.1) is 6.92 Å². The normalized spacial score (nSPS) is 11.1. The van der Waals surface area contributed by atoms with E-state index in [1.165, 1.54) is 12.3 Å². The SMILES string of the molecule is CCCNc1ccc(S(=O)(=O)Nc2ccnc(C)c2)cn1. The van der Waals surface area contributed by atoms with E-state index in [1.807, 2.05) is 6.92 Å². The first kappa shape index (κ1) is 15.2. The maximum Gasteiger partial charge on any atom is 0.263 e. The average molecular weight is 306 g/mol. The summed E-state index contributed by atoms with van der Waals surface area (Å²) in [5.74, 6) is 0.663. The lowest BCUT2D eigenvalue weighted by atomic mass is 10.3. The lowest BCUT2D eigenvalue weighted by Crippen LogP contribution is -2.13. The number of sulfonamides is 1. The summed E-state index contributed by atoms with van der Waals surface area (Å²) in [6.07, 6.45) is 3.88. The molecular weight excluding hydrogens is 288 g/mol. The average Bonchev–Trinajstić information content (AvgIpc) is 2.45. The third-order valence-corrected chi connectivity index (χ3v) is 4.12. The first-order valence-corrected chi connectivity index (χ1v) is 8.15. The molecule has 0 spiro atoms. The zero-order valence-electron chi connectivity index (χ0n) is 12.0. The van der Waals surface area contributed by atoms with E-state index in [9.17, 15) is 8.42 Å². The fraction of sp³-hybridized carbons (Fsp3) is 0.286. The summed E-state index contributed by atoms with van der Waals surface area (Å²) < 4.78 is 27.0. The molecule has 2 aromatic rings. The summed E-state index contributed by atoms with van der Waals surface area (Å²) in [5.41, 5.74) is 1.23. The molecule has 0 aliphatic rings. The van der Waals surface area contributed by atoms with E-state index in [4.69, 9.17) is 0 Å². The van der Waals surface area contributed by atoms with E-state index < -0.39 is 10.0 Å². The van der Waals surface area contributed by atoms with Gasteiger partial charge in [0.1, 0.15) is 10.7 Å². The Morgan fingerprint density at radius 2 is 2.00 bits per heavy atom. The Hall–Kier alpha value is -2.15. The zero-order valence-corrected chi connectivity index (χ0v) is 12.8. The van der Waals surface area contributed by atoms with Crippen LogP contribution in [-0.4, -0.2) is 24.9 Å². The molecule has 2 aromatic heterocycles. The molecule has 0 amide bonds. The van der Waals surface area contributed by atoms with Crippen molar-refractivity contribution in [3.63, 3.8) is 0 Å². The van der Waals surface area contributed by atoms with Crippen molar-refractivity contribution in [3.8, 4) is 0 Å². The van der Waals surface area contributed by atoms with Crippen LogP contribution in [0.1, 0.15) is 19.0 Å². The highest BCUT2D eigenvalue weighted by Gasteiger charge is 2.14. The van der Waals surface area contributed by atoms with E-state index in [0.29, 0.717) is 11.5 Å². The molecule has 0 bridgehead atoms. The second-order valence-electron chi connectivity index (χ2n) is 4.60. The third-order valence-electron chi connectivity index (χ3n) is 2.75. The minimum absolute atomic E-state index is 0.124. The lowest BCUT2D eigenvalue weighted by Gasteiger charge is -2.09. The molecule has 0 radical (unpaired) electrons. The standard InChI is InChI=1S/C14H18N4O2S/c1-3-7-16-14-5-4-13(10-17-14)21(19,20)18-12-6-8-15-11(2)9-12/h4-6,8-10H,3,7H2,1-2H3,(H,15,18)(H,16,17). The van der Waals surface area contributed by atoms with E-state index in [0.717, 1.165) is 18.7 Å². The minimum atomic E-state index is -3.64. The summed E-state index contributed by atoms with van der Waals surface area (Å²) in [4.78, 5) is 8.25. The van der Waals surface area contributed by atoms with Gasteiger partial charge >= 0.3 is 0 Å². The van der Waals surface area contributed by atoms with Crippen molar-refractivity contribution in [2.24, 2.45) is 0 Å². The topological polar surface area (TPSA) is 84.0 Å². The number of anilines is 2. The highest BCUT2D eigenvalue weighted by molar-refractivity contribution is 7.92. The number of nitrogens with one attached hydrogen (secondary N) is 2. The monoisotopic (exact) mass is 306 g/mol. The Morgan fingerprint density at radius 3 is 2.62 bits per heavy atom. The van der Waals surface area contributed by atoms with Crippen LogP contribution in [0.5, 0.6) is 0 Å². The quantitative estimate of drug-likeness (QED) is 0.856. The third kappa shape index (κ3) is 4.16. The van der Waals surface area contributed by atoms with Crippen LogP contribution in [0.25, 0.3) is 0 Å². The Balaban J connectivity index is 2.15. The fourth-order valence-corrected chi connectivity index (χ4v) is 2.71. The van der Waals surface area contributed by atoms with Crippen LogP contribution in [0.2, 0.25) is 0 Å². The summed E-state index contributed by atoms with van der Waals surface area (Å²) in [5, 5.41) is 3.10. The molecular formula is C14H18N4O2S. The molecule has 2 rings (SSSR count). The fourth-order valence-electron chi connectivity index (χ4n) is 1.72. The molecule has 0 aliphatic carbocycles. The van der Waals surface area contributed by atoms with Gasteiger partial charge in [0.2, 0.25) is 0 Å². The van der Waals surface area contributed by atoms with Gasteiger partial charge in [0.15, 0.2) is 0 Å². The molecule has 0 unspecified atom stereocenters. The van der Waals surface area contributed by atoms with Crippen LogP contribution >= 0.6 is 0 Å². The minimum Gasteiger partial charge on any atom is -0.370 e. The Kier molecular flexibility index (Phi) is 4.74. The second kappa shape index (κ2) is 6.53. The Labute approximate surface area is 124 Å². The number of aryl methyl sites for hydroxylation is 1. The molecule has 0 aromatic carbocycles. The second-order valence-corrected chi connectivity index (χ2v) is 6.28. The zero-order chi connectivity index (χ0) is 15.3. The molecule has 0 atom stereocenters. The van der Waals surface area contributed by atoms with E-state index >= 15 is 0 Å². The maximum absolute atomic E-state index is 12.2. The summed E-state index contributed by atoms with van der Waals surface area (Å²) >= 11 is 0. The lowest BCUT2D eigenvalue weighted by molar-refractivity contribution is 0.601. The van der Waals surface area contributed by atoms with Gasteiger partial charge < -0.3 is 5.32 Å². The van der Waals surface area contributed by atoms with Crippen molar-refractivity contribution < 1.29 is 8.42 Å². The Morgan fingerprint density at radius 1 is 1.19 bits per heavy atom. The van der Waals surface area contributed by atoms with Crippen LogP contribution in [0.4, 0.5) is 11.5 Å². The predicted molar refractivity (Wildman–Crippen MR) is 82.8 cm³/mol. The molecule has 21 heavy (non-hydrogen) atoms. The van der Waals surface area contributed by atoms with Gasteiger partial charge in [-0.1, -0.05) is 6.92 Å². The molecule has 2 N–H and O–H groups in total. The van der Waals surface area contributed by atoms with Gasteiger partial charge in [-0.3, -0.25) is 9.71 Å². The van der Waals surface area contributed by atoms with E-state index in [1.54, 1.807) is 31.3 Å². The van der Waals surface area contributed by atoms with Crippen LogP contribution < -0.4 is 10.0 Å². The number of hydrogen-bond acceptors (Lipinski definition) is 5. The van der Waals surface area contributed by atoms with Gasteiger partial charge in [-0.25, -0.2) is 13.4 Å². The van der Waals surface area contributed by atoms with Crippen molar-refractivity contribution >= 4 is 21.5 Å². The van der Waals surface area contributed by atoms with Gasteiger partial charge in [0, 0.05) is 24.6 Å². The molecule has 0 fully saturated rings. The number of nitrogens with zero attached hydrogens (tertiary/aromatic N) is 2. The highest BCUT2D eigenvalue weighted by atomic mass is 32.2. The molecule has 6 nitrogen and oxygen atoms in total. The van der Waals surface area contributed by atoms with Crippen molar-refractivity contribution in [1.29, 1.82) is 0 Å². The summed E-state index contributed by atoms with van der Waals surface area (Å²) in [7, 11) is -3.64. The molecule has 112 valence electrons. The first-order valence-electron chi connectivity index (χ1n) is 6.66. The first-order chi connectivity index (χ1) is 10.0. The summed E-state index contributed by atoms with van der Waals surface area (Å²) in [6.45, 7) is 4.65. The number of pyridine rings is 2. The van der Waals surface area contributed by atoms with Gasteiger partial charge in [-0.15, -0.1) is 0 Å². The molecule has 0 saturated carbocycles. The van der Waals surface area contributed by atoms with E-state index in [2.05, 4.69) is 20.0 Å². The van der Waals surface area contributed by atoms with Crippen molar-refractivity contribution in [1.82, 2.24) is 9.97 Å². The largest absolute Gasteiger partial charge is 0.370 e. The van der Waals surface area contributed by atoms with Crippen molar-refractivity contribution in [3.05, 3.63) is 42.4 Å². The van der Waals surface area contributed by atoms with Gasteiger partial charge in [0.25, 0.3) is 10.0 Å². The molecule has 0 saturated heterocycles. The van der Waals surface area contributed by atoms with Crippen LogP contribution in [0.15, 0.2) is 41.6 Å². The van der Waals surface area contributed by atoms with Gasteiger partial charge in [-0.2, -0.15) is 0 Å². The van der Waals surface area contributed by atoms with Crippen molar-refractivity contribution in [2.45, 2.75) is 25.2 Å². The molecule has 7 heteroatoms. The highest BCUT2D eigenvalue weighted by Crippen LogP contribution is 2.16. The van der Waals surface area contributed by atoms with Gasteiger partial charge in [0.05, 0.1) is 5.69 Å². The number of aromatic nitrogens is 2. The Bertz CT molecular complexity index is 699. The van der Waals surface area contributed by atoms with Crippen molar-refractivity contribution in [2.75, 3.05) is 16.6 Å². The molecule has 0 aliphatic heterocycles. The van der Waals surface area contributed by atoms with E-state index in [-0.39, 0.29) is 4.90 Å². The van der Waals surface area contributed by atoms with Gasteiger partial charge in [-0.05, 0) is 37.6 Å².